The first-order chi connectivity index (χ1) is 17.4. The van der Waals surface area contributed by atoms with E-state index in [0.29, 0.717) is 43.7 Å². The van der Waals surface area contributed by atoms with Gasteiger partial charge in [0.1, 0.15) is 5.00 Å². The molecule has 0 radical (unpaired) electrons. The van der Waals surface area contributed by atoms with Crippen LogP contribution >= 0.6 is 22.9 Å². The summed E-state index contributed by atoms with van der Waals surface area (Å²) in [5, 5.41) is 4.72. The van der Waals surface area contributed by atoms with Crippen LogP contribution in [0.2, 0.25) is 5.02 Å². The molecule has 0 unspecified atom stereocenters. The number of hydrogen-bond acceptors (Lipinski definition) is 5. The predicted octanol–water partition coefficient (Wildman–Crippen LogP) is 7.48. The number of rotatable bonds is 5. The zero-order chi connectivity index (χ0) is 25.4. The normalized spacial score (nSPS) is 14.9. The van der Waals surface area contributed by atoms with Gasteiger partial charge >= 0.3 is 5.97 Å². The van der Waals surface area contributed by atoms with E-state index < -0.39 is 5.97 Å². The summed E-state index contributed by atoms with van der Waals surface area (Å²) in [6.07, 6.45) is 3.86. The van der Waals surface area contributed by atoms with Crippen LogP contribution in [0.4, 0.5) is 5.00 Å². The van der Waals surface area contributed by atoms with E-state index in [2.05, 4.69) is 12.2 Å². The third kappa shape index (κ3) is 4.40. The first-order valence-corrected chi connectivity index (χ1v) is 13.3. The molecular formula is C29H27ClN2O3S. The Balaban J connectivity index is 1.61. The van der Waals surface area contributed by atoms with E-state index in [4.69, 9.17) is 21.3 Å². The van der Waals surface area contributed by atoms with Gasteiger partial charge in [0, 0.05) is 15.8 Å². The number of para-hydroxylation sites is 1. The lowest BCUT2D eigenvalue weighted by atomic mass is 9.85. The number of thiophene rings is 1. The Bertz CT molecular complexity index is 1490. The quantitative estimate of drug-likeness (QED) is 0.278. The number of nitrogens with one attached hydrogen (secondary N) is 1. The lowest BCUT2D eigenvalue weighted by Gasteiger charge is -2.20. The molecule has 0 spiro atoms. The zero-order valence-corrected chi connectivity index (χ0v) is 22.1. The number of halogens is 1. The van der Waals surface area contributed by atoms with Gasteiger partial charge in [0.15, 0.2) is 0 Å². The highest BCUT2D eigenvalue weighted by molar-refractivity contribution is 7.17. The molecule has 36 heavy (non-hydrogen) atoms. The van der Waals surface area contributed by atoms with Gasteiger partial charge in [0.05, 0.1) is 34.5 Å². The lowest BCUT2D eigenvalue weighted by Crippen LogP contribution is -2.17. The summed E-state index contributed by atoms with van der Waals surface area (Å²) in [5.41, 5.74) is 5.16. The van der Waals surface area contributed by atoms with E-state index in [-0.39, 0.29) is 5.91 Å². The number of anilines is 1. The van der Waals surface area contributed by atoms with Crippen molar-refractivity contribution in [3.8, 4) is 11.3 Å². The maximum Gasteiger partial charge on any atom is 0.341 e. The number of pyridine rings is 1. The summed E-state index contributed by atoms with van der Waals surface area (Å²) >= 11 is 8.01. The number of esters is 1. The maximum absolute atomic E-state index is 13.8. The van der Waals surface area contributed by atoms with Gasteiger partial charge in [-0.25, -0.2) is 9.78 Å². The smallest absolute Gasteiger partial charge is 0.341 e. The summed E-state index contributed by atoms with van der Waals surface area (Å²) in [5.74, 6) is -0.135. The van der Waals surface area contributed by atoms with Crippen LogP contribution in [0, 0.1) is 12.8 Å². The standard InChI is InChI=1S/C29H27ClN2O3S/c1-4-17-12-13-20-24(14-17)36-28(25(20)29(34)35-3)32-27(33)21-15-23(18-9-6-5-8-16(18)2)31-26-19(21)10-7-11-22(26)30/h5-11,15,17H,4,12-14H2,1-3H3,(H,32,33)/t17-/m0/s1. The SMILES string of the molecule is CC[C@H]1CCc2c(sc(NC(=O)c3cc(-c4ccccc4C)nc4c(Cl)cccc34)c2C(=O)OC)C1. The maximum atomic E-state index is 13.8. The molecule has 0 fully saturated rings. The van der Waals surface area contributed by atoms with Crippen molar-refractivity contribution in [3.05, 3.63) is 80.7 Å². The van der Waals surface area contributed by atoms with E-state index in [9.17, 15) is 9.59 Å². The highest BCUT2D eigenvalue weighted by atomic mass is 35.5. The van der Waals surface area contributed by atoms with Crippen LogP contribution in [0.5, 0.6) is 0 Å². The molecule has 1 N–H and O–H groups in total. The Morgan fingerprint density at radius 1 is 1.19 bits per heavy atom. The van der Waals surface area contributed by atoms with Crippen LogP contribution in [0.15, 0.2) is 48.5 Å². The van der Waals surface area contributed by atoms with E-state index >= 15 is 0 Å². The number of benzene rings is 2. The summed E-state index contributed by atoms with van der Waals surface area (Å²) in [7, 11) is 1.38. The van der Waals surface area contributed by atoms with Gasteiger partial charge in [-0.05, 0) is 55.4 Å². The Labute approximate surface area is 219 Å². The number of nitrogens with zero attached hydrogens (tertiary/aromatic N) is 1. The number of amides is 1. The Morgan fingerprint density at radius 2 is 2.00 bits per heavy atom. The molecule has 2 aromatic carbocycles. The van der Waals surface area contributed by atoms with Crippen molar-refractivity contribution >= 4 is 50.7 Å². The number of aromatic nitrogens is 1. The minimum atomic E-state index is -0.416. The van der Waals surface area contributed by atoms with Crippen molar-refractivity contribution in [2.45, 2.75) is 39.5 Å². The topological polar surface area (TPSA) is 68.3 Å². The molecule has 184 valence electrons. The van der Waals surface area contributed by atoms with Gasteiger partial charge in [-0.15, -0.1) is 11.3 Å². The fraction of sp³-hybridized carbons (Fsp3) is 0.276. The van der Waals surface area contributed by atoms with Crippen molar-refractivity contribution in [1.29, 1.82) is 0 Å². The monoisotopic (exact) mass is 518 g/mol. The van der Waals surface area contributed by atoms with Crippen molar-refractivity contribution in [1.82, 2.24) is 4.98 Å². The van der Waals surface area contributed by atoms with Crippen molar-refractivity contribution in [3.63, 3.8) is 0 Å². The second kappa shape index (κ2) is 10.0. The van der Waals surface area contributed by atoms with E-state index in [1.165, 1.54) is 18.4 Å². The van der Waals surface area contributed by atoms with Gasteiger partial charge in [0.25, 0.3) is 5.91 Å². The summed E-state index contributed by atoms with van der Waals surface area (Å²) in [4.78, 5) is 32.5. The second-order valence-electron chi connectivity index (χ2n) is 9.18. The molecule has 0 aliphatic heterocycles. The van der Waals surface area contributed by atoms with Gasteiger partial charge in [-0.2, -0.15) is 0 Å². The predicted molar refractivity (Wildman–Crippen MR) is 146 cm³/mol. The molecule has 5 rings (SSSR count). The third-order valence-electron chi connectivity index (χ3n) is 7.02. The van der Waals surface area contributed by atoms with Gasteiger partial charge in [-0.1, -0.05) is 61.3 Å². The fourth-order valence-electron chi connectivity index (χ4n) is 4.98. The summed E-state index contributed by atoms with van der Waals surface area (Å²) < 4.78 is 5.11. The first kappa shape index (κ1) is 24.5. The highest BCUT2D eigenvalue weighted by Gasteiger charge is 2.30. The molecule has 1 aliphatic rings. The lowest BCUT2D eigenvalue weighted by molar-refractivity contribution is 0.0601. The van der Waals surface area contributed by atoms with Crippen LogP contribution < -0.4 is 5.32 Å². The van der Waals surface area contributed by atoms with E-state index in [0.717, 1.165) is 47.3 Å². The molecule has 7 heteroatoms. The number of methoxy groups -OCH3 is 1. The number of hydrogen-bond donors (Lipinski definition) is 1. The highest BCUT2D eigenvalue weighted by Crippen LogP contribution is 2.41. The van der Waals surface area contributed by atoms with Crippen LogP contribution in [0.1, 0.15) is 56.5 Å². The molecular weight excluding hydrogens is 492 g/mol. The zero-order valence-electron chi connectivity index (χ0n) is 20.5. The number of carbonyl (C=O) groups excluding carboxylic acids is 2. The molecule has 0 saturated heterocycles. The van der Waals surface area contributed by atoms with Crippen molar-refractivity contribution in [2.24, 2.45) is 5.92 Å². The van der Waals surface area contributed by atoms with Crippen molar-refractivity contribution in [2.75, 3.05) is 12.4 Å². The molecule has 2 aromatic heterocycles. The van der Waals surface area contributed by atoms with Gasteiger partial charge in [0.2, 0.25) is 0 Å². The Hall–Kier alpha value is -3.22. The van der Waals surface area contributed by atoms with Gasteiger partial charge in [-0.3, -0.25) is 4.79 Å². The molecule has 0 bridgehead atoms. The number of ether oxygens (including phenoxy) is 1. The average Bonchev–Trinajstić information content (AvgIpc) is 3.25. The second-order valence-corrected chi connectivity index (χ2v) is 10.7. The summed E-state index contributed by atoms with van der Waals surface area (Å²) in [6, 6.07) is 15.1. The minimum Gasteiger partial charge on any atom is -0.465 e. The van der Waals surface area contributed by atoms with Gasteiger partial charge < -0.3 is 10.1 Å². The third-order valence-corrected chi connectivity index (χ3v) is 8.49. The van der Waals surface area contributed by atoms with Crippen LogP contribution in [-0.4, -0.2) is 24.0 Å². The minimum absolute atomic E-state index is 0.310. The molecule has 0 saturated carbocycles. The van der Waals surface area contributed by atoms with E-state index in [1.54, 1.807) is 12.1 Å². The number of carbonyl (C=O) groups is 2. The largest absolute Gasteiger partial charge is 0.465 e. The van der Waals surface area contributed by atoms with Crippen LogP contribution in [0.25, 0.3) is 22.2 Å². The van der Waals surface area contributed by atoms with Crippen LogP contribution in [0.3, 0.4) is 0 Å². The fourth-order valence-corrected chi connectivity index (χ4v) is 6.54. The first-order valence-electron chi connectivity index (χ1n) is 12.1. The van der Waals surface area contributed by atoms with E-state index in [1.807, 2.05) is 43.3 Å². The summed E-state index contributed by atoms with van der Waals surface area (Å²) in [6.45, 7) is 4.20. The molecule has 5 nitrogen and oxygen atoms in total. The molecule has 1 aliphatic carbocycles. The number of aryl methyl sites for hydroxylation is 1. The molecule has 1 atom stereocenters. The Kier molecular flexibility index (Phi) is 6.82. The molecule has 4 aromatic rings. The van der Waals surface area contributed by atoms with Crippen molar-refractivity contribution < 1.29 is 14.3 Å². The molecule has 1 amide bonds. The van der Waals surface area contributed by atoms with Crippen LogP contribution in [-0.2, 0) is 17.6 Å². The average molecular weight is 519 g/mol. The number of fused-ring (bicyclic) bond motifs is 2. The molecule has 2 heterocycles. The Morgan fingerprint density at radius 3 is 2.75 bits per heavy atom.